The van der Waals surface area contributed by atoms with E-state index >= 15 is 0 Å². The maximum Gasteiger partial charge on any atom is 0.272 e. The zero-order valence-corrected chi connectivity index (χ0v) is 12.2. The van der Waals surface area contributed by atoms with Crippen LogP contribution in [0.15, 0.2) is 18.2 Å². The first-order chi connectivity index (χ1) is 7.66. The SMILES string of the molecule is Cc1cccc(C(=O)N2CCN[C@H](C)C2)n1.Cl.Cl. The summed E-state index contributed by atoms with van der Waals surface area (Å²) in [7, 11) is 0. The van der Waals surface area contributed by atoms with Gasteiger partial charge in [-0.2, -0.15) is 0 Å². The third-order valence-electron chi connectivity index (χ3n) is 2.76. The van der Waals surface area contributed by atoms with Crippen molar-refractivity contribution >= 4 is 30.7 Å². The minimum Gasteiger partial charge on any atom is -0.334 e. The van der Waals surface area contributed by atoms with Crippen LogP contribution in [0.1, 0.15) is 23.1 Å². The van der Waals surface area contributed by atoms with Crippen LogP contribution in [-0.2, 0) is 0 Å². The van der Waals surface area contributed by atoms with Crippen molar-refractivity contribution in [2.45, 2.75) is 19.9 Å². The molecule has 1 amide bonds. The Morgan fingerprint density at radius 2 is 2.17 bits per heavy atom. The van der Waals surface area contributed by atoms with Gasteiger partial charge < -0.3 is 10.2 Å². The second-order valence-electron chi connectivity index (χ2n) is 4.27. The Morgan fingerprint density at radius 3 is 2.78 bits per heavy atom. The molecule has 0 aromatic carbocycles. The van der Waals surface area contributed by atoms with Crippen LogP contribution >= 0.6 is 24.8 Å². The standard InChI is InChI=1S/C12H17N3O.2ClH/c1-9-4-3-5-11(14-9)12(16)15-7-6-13-10(2)8-15;;/h3-5,10,13H,6-8H2,1-2H3;2*1H/t10-;;/m1../s1. The number of hydrogen-bond acceptors (Lipinski definition) is 3. The van der Waals surface area contributed by atoms with Crippen molar-refractivity contribution in [3.05, 3.63) is 29.6 Å². The minimum atomic E-state index is 0. The van der Waals surface area contributed by atoms with Gasteiger partial charge in [0.1, 0.15) is 5.69 Å². The van der Waals surface area contributed by atoms with Gasteiger partial charge in [0.2, 0.25) is 0 Å². The van der Waals surface area contributed by atoms with Gasteiger partial charge in [-0.1, -0.05) is 6.07 Å². The Morgan fingerprint density at radius 1 is 1.44 bits per heavy atom. The van der Waals surface area contributed by atoms with Crippen LogP contribution in [0.5, 0.6) is 0 Å². The summed E-state index contributed by atoms with van der Waals surface area (Å²) in [6.07, 6.45) is 0. The highest BCUT2D eigenvalue weighted by molar-refractivity contribution is 5.92. The highest BCUT2D eigenvalue weighted by atomic mass is 35.5. The number of rotatable bonds is 1. The average molecular weight is 292 g/mol. The molecule has 1 fully saturated rings. The first-order valence-electron chi connectivity index (χ1n) is 5.63. The third kappa shape index (κ3) is 4.12. The smallest absolute Gasteiger partial charge is 0.272 e. The molecule has 1 aliphatic rings. The molecule has 2 rings (SSSR count). The lowest BCUT2D eigenvalue weighted by Crippen LogP contribution is -2.51. The largest absolute Gasteiger partial charge is 0.334 e. The predicted molar refractivity (Wildman–Crippen MR) is 76.8 cm³/mol. The van der Waals surface area contributed by atoms with E-state index < -0.39 is 0 Å². The van der Waals surface area contributed by atoms with Crippen molar-refractivity contribution < 1.29 is 4.79 Å². The Bertz CT molecular complexity index is 401. The predicted octanol–water partition coefficient (Wildman–Crippen LogP) is 1.67. The van der Waals surface area contributed by atoms with Crippen LogP contribution < -0.4 is 5.32 Å². The fraction of sp³-hybridized carbons (Fsp3) is 0.500. The highest BCUT2D eigenvalue weighted by Gasteiger charge is 2.22. The quantitative estimate of drug-likeness (QED) is 0.856. The molecule has 1 atom stereocenters. The molecule has 0 radical (unpaired) electrons. The number of nitrogens with zero attached hydrogens (tertiary/aromatic N) is 2. The van der Waals surface area contributed by atoms with Crippen LogP contribution in [-0.4, -0.2) is 41.5 Å². The average Bonchev–Trinajstić information content (AvgIpc) is 2.28. The van der Waals surface area contributed by atoms with Gasteiger partial charge in [-0.05, 0) is 26.0 Å². The van der Waals surface area contributed by atoms with Gasteiger partial charge in [-0.3, -0.25) is 4.79 Å². The first-order valence-corrected chi connectivity index (χ1v) is 5.63. The molecule has 1 aliphatic heterocycles. The Hall–Kier alpha value is -0.840. The van der Waals surface area contributed by atoms with Crippen molar-refractivity contribution in [1.29, 1.82) is 0 Å². The Kier molecular flexibility index (Phi) is 7.21. The molecule has 0 aliphatic carbocycles. The zero-order chi connectivity index (χ0) is 11.5. The van der Waals surface area contributed by atoms with E-state index in [2.05, 4.69) is 17.2 Å². The van der Waals surface area contributed by atoms with Gasteiger partial charge in [-0.15, -0.1) is 24.8 Å². The van der Waals surface area contributed by atoms with E-state index in [0.717, 1.165) is 25.3 Å². The van der Waals surface area contributed by atoms with Gasteiger partial charge in [0, 0.05) is 31.4 Å². The maximum absolute atomic E-state index is 12.1. The van der Waals surface area contributed by atoms with Crippen molar-refractivity contribution in [2.24, 2.45) is 0 Å². The van der Waals surface area contributed by atoms with E-state index in [1.165, 1.54) is 0 Å². The normalized spacial score (nSPS) is 18.6. The van der Waals surface area contributed by atoms with E-state index in [9.17, 15) is 4.79 Å². The van der Waals surface area contributed by atoms with E-state index in [4.69, 9.17) is 0 Å². The van der Waals surface area contributed by atoms with Gasteiger partial charge in [0.05, 0.1) is 0 Å². The summed E-state index contributed by atoms with van der Waals surface area (Å²) in [6.45, 7) is 6.37. The second-order valence-corrected chi connectivity index (χ2v) is 4.27. The molecule has 0 saturated carbocycles. The van der Waals surface area contributed by atoms with E-state index in [1.807, 2.05) is 24.0 Å². The van der Waals surface area contributed by atoms with Crippen LogP contribution in [0.25, 0.3) is 0 Å². The van der Waals surface area contributed by atoms with E-state index in [-0.39, 0.29) is 30.7 Å². The minimum absolute atomic E-state index is 0. The lowest BCUT2D eigenvalue weighted by molar-refractivity contribution is 0.0703. The molecule has 18 heavy (non-hydrogen) atoms. The number of hydrogen-bond donors (Lipinski definition) is 1. The van der Waals surface area contributed by atoms with Gasteiger partial charge in [-0.25, -0.2) is 4.98 Å². The Labute approximate surface area is 120 Å². The zero-order valence-electron chi connectivity index (χ0n) is 10.5. The summed E-state index contributed by atoms with van der Waals surface area (Å²) in [5, 5.41) is 3.32. The molecule has 1 aromatic rings. The summed E-state index contributed by atoms with van der Waals surface area (Å²) in [5.41, 5.74) is 1.43. The molecule has 0 unspecified atom stereocenters. The molecule has 6 heteroatoms. The summed E-state index contributed by atoms with van der Waals surface area (Å²) >= 11 is 0. The second kappa shape index (κ2) is 7.56. The topological polar surface area (TPSA) is 45.2 Å². The molecule has 2 heterocycles. The fourth-order valence-electron chi connectivity index (χ4n) is 1.94. The lowest BCUT2D eigenvalue weighted by atomic mass is 10.2. The molecule has 1 saturated heterocycles. The molecule has 1 aromatic heterocycles. The van der Waals surface area contributed by atoms with Gasteiger partial charge in [0.25, 0.3) is 5.91 Å². The summed E-state index contributed by atoms with van der Waals surface area (Å²) in [4.78, 5) is 18.3. The number of aromatic nitrogens is 1. The van der Waals surface area contributed by atoms with Crippen molar-refractivity contribution in [2.75, 3.05) is 19.6 Å². The van der Waals surface area contributed by atoms with Crippen molar-refractivity contribution in [3.8, 4) is 0 Å². The highest BCUT2D eigenvalue weighted by Crippen LogP contribution is 2.06. The number of carbonyl (C=O) groups excluding carboxylic acids is 1. The lowest BCUT2D eigenvalue weighted by Gasteiger charge is -2.31. The van der Waals surface area contributed by atoms with Gasteiger partial charge in [0.15, 0.2) is 0 Å². The number of pyridine rings is 1. The molecule has 0 spiro atoms. The van der Waals surface area contributed by atoms with Crippen LogP contribution in [0.3, 0.4) is 0 Å². The Balaban J connectivity index is 0.00000144. The monoisotopic (exact) mass is 291 g/mol. The molecule has 102 valence electrons. The van der Waals surface area contributed by atoms with Crippen molar-refractivity contribution in [3.63, 3.8) is 0 Å². The molecule has 1 N–H and O–H groups in total. The van der Waals surface area contributed by atoms with Gasteiger partial charge >= 0.3 is 0 Å². The number of carbonyl (C=O) groups is 1. The summed E-state index contributed by atoms with van der Waals surface area (Å²) in [6, 6.07) is 5.92. The first kappa shape index (κ1) is 17.2. The number of halogens is 2. The summed E-state index contributed by atoms with van der Waals surface area (Å²) in [5.74, 6) is 0.0389. The number of aryl methyl sites for hydroxylation is 1. The third-order valence-corrected chi connectivity index (χ3v) is 2.76. The maximum atomic E-state index is 12.1. The van der Waals surface area contributed by atoms with E-state index in [1.54, 1.807) is 6.07 Å². The number of nitrogens with one attached hydrogen (secondary N) is 1. The number of piperazine rings is 1. The summed E-state index contributed by atoms with van der Waals surface area (Å²) < 4.78 is 0. The molecular formula is C12H19Cl2N3O. The van der Waals surface area contributed by atoms with Crippen LogP contribution in [0.4, 0.5) is 0 Å². The molecule has 0 bridgehead atoms. The molecule has 4 nitrogen and oxygen atoms in total. The van der Waals surface area contributed by atoms with Crippen LogP contribution in [0.2, 0.25) is 0 Å². The van der Waals surface area contributed by atoms with E-state index in [0.29, 0.717) is 11.7 Å². The fourth-order valence-corrected chi connectivity index (χ4v) is 1.94. The number of amides is 1. The molecular weight excluding hydrogens is 273 g/mol. The van der Waals surface area contributed by atoms with Crippen LogP contribution in [0, 0.1) is 6.92 Å². The van der Waals surface area contributed by atoms with Crippen molar-refractivity contribution in [1.82, 2.24) is 15.2 Å².